The van der Waals surface area contributed by atoms with Crippen molar-refractivity contribution < 1.29 is 23.4 Å². The molecule has 0 spiro atoms. The molecule has 0 unspecified atom stereocenters. The number of rotatable bonds is 4. The van der Waals surface area contributed by atoms with Gasteiger partial charge in [-0.2, -0.15) is 0 Å². The van der Waals surface area contributed by atoms with Crippen LogP contribution in [0, 0.1) is 11.6 Å². The summed E-state index contributed by atoms with van der Waals surface area (Å²) in [6, 6.07) is 1.90. The minimum Gasteiger partial charge on any atom is -0.478 e. The summed E-state index contributed by atoms with van der Waals surface area (Å²) in [5.41, 5.74) is -0.303. The zero-order valence-corrected chi connectivity index (χ0v) is 9.61. The Hall–Kier alpha value is -1.95. The van der Waals surface area contributed by atoms with Crippen molar-refractivity contribution in [3.8, 4) is 0 Å². The topological polar surface area (TPSA) is 51.5 Å². The van der Waals surface area contributed by atoms with Gasteiger partial charge in [-0.05, 0) is 12.1 Å². The number of carboxylic acid groups (broad SMARTS) is 1. The zero-order valence-electron chi connectivity index (χ0n) is 9.61. The molecule has 0 aliphatic rings. The molecule has 6 heteroatoms. The molecule has 2 aromatic rings. The number of fused-ring (bicyclic) bond motifs is 1. The number of hydrogen-bond acceptors (Lipinski definition) is 2. The molecule has 0 atom stereocenters. The monoisotopic (exact) mass is 255 g/mol. The summed E-state index contributed by atoms with van der Waals surface area (Å²) in [5, 5.41) is 8.79. The summed E-state index contributed by atoms with van der Waals surface area (Å²) >= 11 is 0. The van der Waals surface area contributed by atoms with Gasteiger partial charge >= 0.3 is 5.97 Å². The number of benzene rings is 1. The van der Waals surface area contributed by atoms with Gasteiger partial charge < -0.3 is 14.4 Å². The molecule has 2 rings (SSSR count). The lowest BCUT2D eigenvalue weighted by atomic mass is 10.1. The van der Waals surface area contributed by atoms with Crippen LogP contribution in [0.4, 0.5) is 8.78 Å². The van der Waals surface area contributed by atoms with Crippen LogP contribution in [0.3, 0.4) is 0 Å². The van der Waals surface area contributed by atoms with Crippen LogP contribution in [-0.4, -0.2) is 29.4 Å². The molecule has 96 valence electrons. The Bertz CT molecular complexity index is 607. The van der Waals surface area contributed by atoms with Crippen LogP contribution < -0.4 is 0 Å². The maximum absolute atomic E-state index is 13.7. The van der Waals surface area contributed by atoms with Crippen molar-refractivity contribution >= 4 is 16.9 Å². The van der Waals surface area contributed by atoms with Gasteiger partial charge in [0, 0.05) is 19.9 Å². The van der Waals surface area contributed by atoms with E-state index in [-0.39, 0.29) is 29.6 Å². The molecular formula is C12H11F2NO3. The lowest BCUT2D eigenvalue weighted by Crippen LogP contribution is -2.03. The van der Waals surface area contributed by atoms with Crippen LogP contribution in [0.25, 0.3) is 10.9 Å². The van der Waals surface area contributed by atoms with Crippen LogP contribution in [0.15, 0.2) is 18.3 Å². The average Bonchev–Trinajstić information content (AvgIpc) is 2.72. The molecule has 0 saturated carbocycles. The summed E-state index contributed by atoms with van der Waals surface area (Å²) in [4.78, 5) is 11.0. The summed E-state index contributed by atoms with van der Waals surface area (Å²) in [5.74, 6) is -2.70. The normalized spacial score (nSPS) is 11.1. The molecule has 0 radical (unpaired) electrons. The highest BCUT2D eigenvalue weighted by Gasteiger charge is 2.20. The molecule has 1 heterocycles. The quantitative estimate of drug-likeness (QED) is 0.911. The van der Waals surface area contributed by atoms with E-state index in [1.54, 1.807) is 0 Å². The fourth-order valence-corrected chi connectivity index (χ4v) is 1.89. The Kier molecular flexibility index (Phi) is 3.29. The van der Waals surface area contributed by atoms with Gasteiger partial charge in [-0.3, -0.25) is 0 Å². The summed E-state index contributed by atoms with van der Waals surface area (Å²) < 4.78 is 33.6. The molecule has 1 N–H and O–H groups in total. The molecule has 1 aromatic heterocycles. The minimum absolute atomic E-state index is 0.0514. The Morgan fingerprint density at radius 3 is 2.67 bits per heavy atom. The Labute approximate surface area is 101 Å². The van der Waals surface area contributed by atoms with E-state index >= 15 is 0 Å². The third kappa shape index (κ3) is 1.95. The fourth-order valence-electron chi connectivity index (χ4n) is 1.89. The molecule has 0 saturated heterocycles. The highest BCUT2D eigenvalue weighted by atomic mass is 19.1. The number of aromatic nitrogens is 1. The number of nitrogens with zero attached hydrogens (tertiary/aromatic N) is 1. The number of ether oxygens (including phenoxy) is 1. The van der Waals surface area contributed by atoms with Gasteiger partial charge in [-0.1, -0.05) is 0 Å². The number of methoxy groups -OCH3 is 1. The zero-order chi connectivity index (χ0) is 13.3. The van der Waals surface area contributed by atoms with E-state index in [0.717, 1.165) is 12.1 Å². The SMILES string of the molecule is COCCn1cc(C(=O)O)c2c(F)ccc(F)c21. The first-order valence-electron chi connectivity index (χ1n) is 5.25. The van der Waals surface area contributed by atoms with Gasteiger partial charge in [0.15, 0.2) is 0 Å². The van der Waals surface area contributed by atoms with Crippen molar-refractivity contribution in [1.82, 2.24) is 4.57 Å². The van der Waals surface area contributed by atoms with E-state index < -0.39 is 17.6 Å². The van der Waals surface area contributed by atoms with E-state index in [2.05, 4.69) is 0 Å². The van der Waals surface area contributed by atoms with Crippen LogP contribution >= 0.6 is 0 Å². The maximum Gasteiger partial charge on any atom is 0.337 e. The minimum atomic E-state index is -1.29. The summed E-state index contributed by atoms with van der Waals surface area (Å²) in [7, 11) is 1.47. The average molecular weight is 255 g/mol. The summed E-state index contributed by atoms with van der Waals surface area (Å²) in [6.07, 6.45) is 1.22. The van der Waals surface area contributed by atoms with E-state index in [4.69, 9.17) is 9.84 Å². The second kappa shape index (κ2) is 4.73. The van der Waals surface area contributed by atoms with Gasteiger partial charge in [0.2, 0.25) is 0 Å². The van der Waals surface area contributed by atoms with Gasteiger partial charge in [-0.25, -0.2) is 13.6 Å². The number of carboxylic acids is 1. The predicted molar refractivity (Wildman–Crippen MR) is 60.7 cm³/mol. The second-order valence-electron chi connectivity index (χ2n) is 3.79. The number of aromatic carboxylic acids is 1. The van der Waals surface area contributed by atoms with E-state index in [9.17, 15) is 13.6 Å². The highest BCUT2D eigenvalue weighted by molar-refractivity contribution is 6.03. The van der Waals surface area contributed by atoms with Gasteiger partial charge in [0.1, 0.15) is 11.6 Å². The third-order valence-corrected chi connectivity index (χ3v) is 2.69. The lowest BCUT2D eigenvalue weighted by molar-refractivity contribution is 0.0698. The first-order valence-corrected chi connectivity index (χ1v) is 5.25. The summed E-state index contributed by atoms with van der Waals surface area (Å²) in [6.45, 7) is 0.527. The molecular weight excluding hydrogens is 244 g/mol. The molecule has 0 amide bonds. The van der Waals surface area contributed by atoms with Gasteiger partial charge in [0.25, 0.3) is 0 Å². The van der Waals surface area contributed by atoms with Crippen LogP contribution in [0.5, 0.6) is 0 Å². The van der Waals surface area contributed by atoms with Crippen LogP contribution in [0.2, 0.25) is 0 Å². The Balaban J connectivity index is 2.72. The smallest absolute Gasteiger partial charge is 0.337 e. The molecule has 0 fully saturated rings. The first-order chi connectivity index (χ1) is 8.56. The molecule has 4 nitrogen and oxygen atoms in total. The van der Waals surface area contributed by atoms with Crippen molar-refractivity contribution in [3.05, 3.63) is 35.5 Å². The van der Waals surface area contributed by atoms with E-state index in [1.165, 1.54) is 17.9 Å². The second-order valence-corrected chi connectivity index (χ2v) is 3.79. The van der Waals surface area contributed by atoms with Gasteiger partial charge in [-0.15, -0.1) is 0 Å². The van der Waals surface area contributed by atoms with Crippen LogP contribution in [0.1, 0.15) is 10.4 Å². The van der Waals surface area contributed by atoms with Gasteiger partial charge in [0.05, 0.1) is 23.1 Å². The lowest BCUT2D eigenvalue weighted by Gasteiger charge is -2.04. The fraction of sp³-hybridized carbons (Fsp3) is 0.250. The molecule has 0 aliphatic carbocycles. The first kappa shape index (κ1) is 12.5. The molecule has 18 heavy (non-hydrogen) atoms. The van der Waals surface area contributed by atoms with Crippen molar-refractivity contribution in [1.29, 1.82) is 0 Å². The largest absolute Gasteiger partial charge is 0.478 e. The molecule has 0 aliphatic heterocycles. The van der Waals surface area contributed by atoms with E-state index in [1.807, 2.05) is 0 Å². The van der Waals surface area contributed by atoms with Crippen molar-refractivity contribution in [2.45, 2.75) is 6.54 Å². The Morgan fingerprint density at radius 2 is 2.06 bits per heavy atom. The third-order valence-electron chi connectivity index (χ3n) is 2.69. The number of hydrogen-bond donors (Lipinski definition) is 1. The maximum atomic E-state index is 13.7. The number of halogens is 2. The van der Waals surface area contributed by atoms with Crippen LogP contribution in [-0.2, 0) is 11.3 Å². The predicted octanol–water partition coefficient (Wildman–Crippen LogP) is 2.26. The standard InChI is InChI=1S/C12H11F2NO3/c1-18-5-4-15-6-7(12(16)17)10-8(13)2-3-9(14)11(10)15/h2-3,6H,4-5H2,1H3,(H,16,17). The van der Waals surface area contributed by atoms with Crippen molar-refractivity contribution in [2.75, 3.05) is 13.7 Å². The van der Waals surface area contributed by atoms with E-state index in [0.29, 0.717) is 0 Å². The highest BCUT2D eigenvalue weighted by Crippen LogP contribution is 2.27. The molecule has 0 bridgehead atoms. The van der Waals surface area contributed by atoms with Crippen molar-refractivity contribution in [3.63, 3.8) is 0 Å². The Morgan fingerprint density at radius 1 is 1.39 bits per heavy atom. The van der Waals surface area contributed by atoms with Crippen molar-refractivity contribution in [2.24, 2.45) is 0 Å². The number of carbonyl (C=O) groups is 1. The molecule has 1 aromatic carbocycles.